The molecule has 1 spiro atoms. The Bertz CT molecular complexity index is 842. The smallest absolute Gasteiger partial charge is 0.255 e. The molecule has 2 aliphatic rings. The van der Waals surface area contributed by atoms with E-state index in [2.05, 4.69) is 17.1 Å². The normalized spacial score (nSPS) is 22.6. The van der Waals surface area contributed by atoms with Crippen LogP contribution in [0.3, 0.4) is 0 Å². The molecule has 1 unspecified atom stereocenters. The van der Waals surface area contributed by atoms with E-state index >= 15 is 0 Å². The Kier molecular flexibility index (Phi) is 3.13. The van der Waals surface area contributed by atoms with E-state index in [9.17, 15) is 9.59 Å². The number of carbonyl (C=O) groups is 1. The van der Waals surface area contributed by atoms with Gasteiger partial charge in [0.1, 0.15) is 5.60 Å². The molecular formula is C18H18N2O3. The van der Waals surface area contributed by atoms with Gasteiger partial charge in [-0.05, 0) is 30.5 Å². The van der Waals surface area contributed by atoms with E-state index in [1.165, 1.54) is 17.2 Å². The average Bonchev–Trinajstić information content (AvgIpc) is 3.13. The van der Waals surface area contributed by atoms with Crippen LogP contribution in [0.1, 0.15) is 33.6 Å². The molecule has 0 bridgehead atoms. The fraction of sp³-hybridized carbons (Fsp3) is 0.333. The first-order valence-corrected chi connectivity index (χ1v) is 7.81. The molecule has 2 aromatic rings. The van der Waals surface area contributed by atoms with Crippen molar-refractivity contribution < 1.29 is 9.53 Å². The number of hydrogen-bond acceptors (Lipinski definition) is 3. The minimum absolute atomic E-state index is 0.0522. The van der Waals surface area contributed by atoms with Crippen molar-refractivity contribution in [2.45, 2.75) is 25.6 Å². The predicted molar refractivity (Wildman–Crippen MR) is 85.2 cm³/mol. The number of aromatic nitrogens is 1. The summed E-state index contributed by atoms with van der Waals surface area (Å²) in [6.45, 7) is 3.57. The first-order valence-electron chi connectivity index (χ1n) is 7.81. The summed E-state index contributed by atoms with van der Waals surface area (Å²) in [4.78, 5) is 28.6. The lowest BCUT2D eigenvalue weighted by molar-refractivity contribution is -0.0283. The maximum atomic E-state index is 12.8. The number of rotatable bonds is 1. The summed E-state index contributed by atoms with van der Waals surface area (Å²) in [5.74, 6) is -0.0522. The zero-order chi connectivity index (χ0) is 16.0. The van der Waals surface area contributed by atoms with Crippen LogP contribution in [-0.4, -0.2) is 28.9 Å². The van der Waals surface area contributed by atoms with Gasteiger partial charge in [0.15, 0.2) is 0 Å². The molecule has 1 amide bonds. The fourth-order valence-corrected chi connectivity index (χ4v) is 3.66. The van der Waals surface area contributed by atoms with Gasteiger partial charge in [0, 0.05) is 18.3 Å². The standard InChI is InChI=1S/C18H18N2O3/c1-12-14(6-7-16(21)19-12)17(22)20-9-8-18(11-20)15-5-3-2-4-13(15)10-23-18/h2-7H,8-11H2,1H3,(H,19,21). The minimum Gasteiger partial charge on any atom is -0.364 e. The number of aromatic amines is 1. The van der Waals surface area contributed by atoms with Gasteiger partial charge in [-0.25, -0.2) is 0 Å². The summed E-state index contributed by atoms with van der Waals surface area (Å²) in [6.07, 6.45) is 0.804. The quantitative estimate of drug-likeness (QED) is 0.876. The Balaban J connectivity index is 1.62. The Labute approximate surface area is 133 Å². The molecule has 5 heteroatoms. The van der Waals surface area contributed by atoms with Crippen molar-refractivity contribution in [2.24, 2.45) is 0 Å². The topological polar surface area (TPSA) is 62.4 Å². The van der Waals surface area contributed by atoms with Crippen LogP contribution >= 0.6 is 0 Å². The van der Waals surface area contributed by atoms with E-state index < -0.39 is 0 Å². The van der Waals surface area contributed by atoms with Crippen LogP contribution in [0.4, 0.5) is 0 Å². The number of benzene rings is 1. The van der Waals surface area contributed by atoms with Crippen LogP contribution < -0.4 is 5.56 Å². The number of H-pyrrole nitrogens is 1. The van der Waals surface area contributed by atoms with Gasteiger partial charge in [0.2, 0.25) is 5.56 Å². The van der Waals surface area contributed by atoms with E-state index in [0.29, 0.717) is 31.0 Å². The number of likely N-dealkylation sites (tertiary alicyclic amines) is 1. The largest absolute Gasteiger partial charge is 0.364 e. The highest BCUT2D eigenvalue weighted by Gasteiger charge is 2.46. The third kappa shape index (κ3) is 2.19. The zero-order valence-corrected chi connectivity index (χ0v) is 13.0. The highest BCUT2D eigenvalue weighted by molar-refractivity contribution is 5.95. The first-order chi connectivity index (χ1) is 11.1. The summed E-state index contributed by atoms with van der Waals surface area (Å²) in [5, 5.41) is 0. The number of pyridine rings is 1. The number of carbonyl (C=O) groups excluding carboxylic acids is 1. The van der Waals surface area contributed by atoms with E-state index in [1.54, 1.807) is 13.0 Å². The van der Waals surface area contributed by atoms with Crippen LogP contribution in [0.2, 0.25) is 0 Å². The lowest BCUT2D eigenvalue weighted by Gasteiger charge is -2.25. The molecule has 0 aliphatic carbocycles. The van der Waals surface area contributed by atoms with Crippen LogP contribution in [0.25, 0.3) is 0 Å². The zero-order valence-electron chi connectivity index (χ0n) is 13.0. The molecule has 1 N–H and O–H groups in total. The second-order valence-corrected chi connectivity index (χ2v) is 6.28. The summed E-state index contributed by atoms with van der Waals surface area (Å²) in [6, 6.07) is 11.2. The van der Waals surface area contributed by atoms with Crippen molar-refractivity contribution in [3.05, 3.63) is 69.1 Å². The summed E-state index contributed by atoms with van der Waals surface area (Å²) < 4.78 is 6.09. The van der Waals surface area contributed by atoms with Gasteiger partial charge in [-0.15, -0.1) is 0 Å². The third-order valence-corrected chi connectivity index (χ3v) is 4.88. The molecular weight excluding hydrogens is 292 g/mol. The highest BCUT2D eigenvalue weighted by atomic mass is 16.5. The lowest BCUT2D eigenvalue weighted by atomic mass is 9.92. The number of aryl methyl sites for hydroxylation is 1. The number of fused-ring (bicyclic) bond motifs is 2. The molecule has 0 saturated carbocycles. The van der Waals surface area contributed by atoms with Crippen LogP contribution in [0.15, 0.2) is 41.2 Å². The minimum atomic E-state index is -0.373. The molecule has 118 valence electrons. The molecule has 5 nitrogen and oxygen atoms in total. The molecule has 1 atom stereocenters. The molecule has 23 heavy (non-hydrogen) atoms. The van der Waals surface area contributed by atoms with Gasteiger partial charge in [-0.3, -0.25) is 9.59 Å². The fourth-order valence-electron chi connectivity index (χ4n) is 3.66. The third-order valence-electron chi connectivity index (χ3n) is 4.88. The van der Waals surface area contributed by atoms with Crippen molar-refractivity contribution in [1.29, 1.82) is 0 Å². The second kappa shape index (κ2) is 5.06. The Hall–Kier alpha value is -2.40. The first kappa shape index (κ1) is 14.2. The highest BCUT2D eigenvalue weighted by Crippen LogP contribution is 2.43. The molecule has 0 radical (unpaired) electrons. The second-order valence-electron chi connectivity index (χ2n) is 6.28. The molecule has 1 aromatic heterocycles. The van der Waals surface area contributed by atoms with Gasteiger partial charge in [-0.2, -0.15) is 0 Å². The van der Waals surface area contributed by atoms with Gasteiger partial charge >= 0.3 is 0 Å². The summed E-state index contributed by atoms with van der Waals surface area (Å²) in [7, 11) is 0. The molecule has 1 saturated heterocycles. The maximum Gasteiger partial charge on any atom is 0.255 e. The van der Waals surface area contributed by atoms with Gasteiger partial charge < -0.3 is 14.6 Å². The summed E-state index contributed by atoms with van der Waals surface area (Å²) in [5.41, 5.74) is 3.01. The number of nitrogens with zero attached hydrogens (tertiary/aromatic N) is 1. The number of nitrogens with one attached hydrogen (secondary N) is 1. The number of ether oxygens (including phenoxy) is 1. The van der Waals surface area contributed by atoms with Crippen LogP contribution in [0.5, 0.6) is 0 Å². The monoisotopic (exact) mass is 310 g/mol. The molecule has 4 rings (SSSR count). The van der Waals surface area contributed by atoms with Crippen LogP contribution in [0, 0.1) is 6.92 Å². The Morgan fingerprint density at radius 2 is 2.09 bits per heavy atom. The average molecular weight is 310 g/mol. The Morgan fingerprint density at radius 3 is 2.91 bits per heavy atom. The lowest BCUT2D eigenvalue weighted by Crippen LogP contribution is -2.35. The summed E-state index contributed by atoms with van der Waals surface area (Å²) >= 11 is 0. The predicted octanol–water partition coefficient (Wildman–Crippen LogP) is 1.95. The molecule has 3 heterocycles. The van der Waals surface area contributed by atoms with Crippen molar-refractivity contribution in [3.8, 4) is 0 Å². The molecule has 1 fully saturated rings. The Morgan fingerprint density at radius 1 is 1.26 bits per heavy atom. The van der Waals surface area contributed by atoms with Gasteiger partial charge in [0.05, 0.1) is 18.7 Å². The van der Waals surface area contributed by atoms with E-state index in [0.717, 1.165) is 6.42 Å². The number of amides is 1. The SMILES string of the molecule is Cc1[nH]c(=O)ccc1C(=O)N1CCC2(C1)OCc1ccccc12. The van der Waals surface area contributed by atoms with Crippen molar-refractivity contribution >= 4 is 5.91 Å². The van der Waals surface area contributed by atoms with E-state index in [4.69, 9.17) is 4.74 Å². The maximum absolute atomic E-state index is 12.8. The van der Waals surface area contributed by atoms with Gasteiger partial charge in [-0.1, -0.05) is 24.3 Å². The van der Waals surface area contributed by atoms with Gasteiger partial charge in [0.25, 0.3) is 5.91 Å². The molecule has 2 aliphatic heterocycles. The van der Waals surface area contributed by atoms with Crippen LogP contribution in [-0.2, 0) is 16.9 Å². The number of hydrogen-bond donors (Lipinski definition) is 1. The van der Waals surface area contributed by atoms with E-state index in [-0.39, 0.29) is 17.1 Å². The van der Waals surface area contributed by atoms with Crippen molar-refractivity contribution in [2.75, 3.05) is 13.1 Å². The molecule has 1 aromatic carbocycles. The van der Waals surface area contributed by atoms with E-state index in [1.807, 2.05) is 17.0 Å². The van der Waals surface area contributed by atoms with Crippen molar-refractivity contribution in [3.63, 3.8) is 0 Å². The van der Waals surface area contributed by atoms with Crippen molar-refractivity contribution in [1.82, 2.24) is 9.88 Å².